The summed E-state index contributed by atoms with van der Waals surface area (Å²) in [4.78, 5) is 5.84. The van der Waals surface area contributed by atoms with E-state index < -0.39 is 0 Å². The van der Waals surface area contributed by atoms with Gasteiger partial charge >= 0.3 is 0 Å². The van der Waals surface area contributed by atoms with E-state index in [0.717, 1.165) is 40.6 Å². The van der Waals surface area contributed by atoms with Gasteiger partial charge < -0.3 is 9.84 Å². The Morgan fingerprint density at radius 3 is 3.11 bits per heavy atom. The lowest BCUT2D eigenvalue weighted by molar-refractivity contribution is 0.160. The van der Waals surface area contributed by atoms with E-state index in [2.05, 4.69) is 6.07 Å². The predicted octanol–water partition coefficient (Wildman–Crippen LogP) is 3.04. The standard InChI is InChI=1S/C15H15NO2S/c17-12-6-3-5-11-14(12)19-15(16-11)10-8-18-13-7-2-1-4-9(10)13/h1-2,4,7,10,12,17H,3,5-6,8H2. The number of hydrogen-bond donors (Lipinski definition) is 1. The number of para-hydroxylation sites is 1. The first-order chi connectivity index (χ1) is 9.33. The Morgan fingerprint density at radius 1 is 1.32 bits per heavy atom. The maximum atomic E-state index is 10.1. The van der Waals surface area contributed by atoms with E-state index in [1.807, 2.05) is 18.2 Å². The Hall–Kier alpha value is -1.39. The molecule has 2 atom stereocenters. The van der Waals surface area contributed by atoms with Crippen molar-refractivity contribution in [1.29, 1.82) is 0 Å². The van der Waals surface area contributed by atoms with Crippen molar-refractivity contribution in [3.63, 3.8) is 0 Å². The van der Waals surface area contributed by atoms with E-state index >= 15 is 0 Å². The summed E-state index contributed by atoms with van der Waals surface area (Å²) in [5, 5.41) is 11.1. The van der Waals surface area contributed by atoms with Gasteiger partial charge in [-0.2, -0.15) is 0 Å². The molecule has 2 aliphatic rings. The fraction of sp³-hybridized carbons (Fsp3) is 0.400. The number of rotatable bonds is 1. The van der Waals surface area contributed by atoms with E-state index in [4.69, 9.17) is 9.72 Å². The van der Waals surface area contributed by atoms with Crippen LogP contribution in [0.2, 0.25) is 0 Å². The van der Waals surface area contributed by atoms with E-state index in [0.29, 0.717) is 6.61 Å². The van der Waals surface area contributed by atoms with Gasteiger partial charge in [0.25, 0.3) is 0 Å². The molecule has 3 nitrogen and oxygen atoms in total. The van der Waals surface area contributed by atoms with Crippen LogP contribution in [-0.2, 0) is 6.42 Å². The molecule has 0 saturated carbocycles. The van der Waals surface area contributed by atoms with Crippen molar-refractivity contribution >= 4 is 11.3 Å². The molecule has 1 aromatic carbocycles. The summed E-state index contributed by atoms with van der Waals surface area (Å²) in [5.74, 6) is 1.21. The number of fused-ring (bicyclic) bond motifs is 2. The molecular formula is C15H15NO2S. The molecule has 1 N–H and O–H groups in total. The minimum Gasteiger partial charge on any atom is -0.492 e. The number of hydrogen-bond acceptors (Lipinski definition) is 4. The molecule has 0 fully saturated rings. The van der Waals surface area contributed by atoms with Gasteiger partial charge in [-0.05, 0) is 25.3 Å². The minimum atomic E-state index is -0.312. The van der Waals surface area contributed by atoms with Gasteiger partial charge in [0.2, 0.25) is 0 Å². The van der Waals surface area contributed by atoms with E-state index in [1.54, 1.807) is 11.3 Å². The number of aryl methyl sites for hydroxylation is 1. The molecule has 0 spiro atoms. The molecule has 98 valence electrons. The Morgan fingerprint density at radius 2 is 2.21 bits per heavy atom. The van der Waals surface area contributed by atoms with Gasteiger partial charge in [-0.25, -0.2) is 4.98 Å². The van der Waals surface area contributed by atoms with Crippen molar-refractivity contribution < 1.29 is 9.84 Å². The quantitative estimate of drug-likeness (QED) is 0.868. The predicted molar refractivity (Wildman–Crippen MR) is 73.8 cm³/mol. The second-order valence-corrected chi connectivity index (χ2v) is 6.23. The highest BCUT2D eigenvalue weighted by Crippen LogP contribution is 2.42. The van der Waals surface area contributed by atoms with Gasteiger partial charge in [0.1, 0.15) is 17.4 Å². The van der Waals surface area contributed by atoms with Crippen LogP contribution in [0.4, 0.5) is 0 Å². The second kappa shape index (κ2) is 4.32. The molecule has 4 rings (SSSR count). The van der Waals surface area contributed by atoms with Crippen molar-refractivity contribution in [2.75, 3.05) is 6.61 Å². The number of aliphatic hydroxyl groups is 1. The molecular weight excluding hydrogens is 258 g/mol. The van der Waals surface area contributed by atoms with Crippen molar-refractivity contribution in [2.45, 2.75) is 31.3 Å². The topological polar surface area (TPSA) is 42.4 Å². The average Bonchev–Trinajstić information content (AvgIpc) is 3.02. The zero-order valence-corrected chi connectivity index (χ0v) is 11.3. The van der Waals surface area contributed by atoms with Crippen LogP contribution in [0.15, 0.2) is 24.3 Å². The molecule has 1 aliphatic carbocycles. The molecule has 0 amide bonds. The average molecular weight is 273 g/mol. The van der Waals surface area contributed by atoms with Gasteiger partial charge in [0.15, 0.2) is 0 Å². The lowest BCUT2D eigenvalue weighted by Crippen LogP contribution is -2.06. The fourth-order valence-corrected chi connectivity index (χ4v) is 4.17. The number of thiazole rings is 1. The van der Waals surface area contributed by atoms with Crippen LogP contribution in [0.3, 0.4) is 0 Å². The zero-order valence-electron chi connectivity index (χ0n) is 10.5. The van der Waals surface area contributed by atoms with Gasteiger partial charge in [-0.15, -0.1) is 11.3 Å². The van der Waals surface area contributed by atoms with Crippen LogP contribution in [0.25, 0.3) is 0 Å². The first kappa shape index (κ1) is 11.4. The van der Waals surface area contributed by atoms with Crippen LogP contribution >= 0.6 is 11.3 Å². The Kier molecular flexibility index (Phi) is 2.60. The van der Waals surface area contributed by atoms with Gasteiger partial charge in [-0.3, -0.25) is 0 Å². The first-order valence-electron chi connectivity index (χ1n) is 6.72. The van der Waals surface area contributed by atoms with Crippen LogP contribution < -0.4 is 4.74 Å². The molecule has 0 bridgehead atoms. The smallest absolute Gasteiger partial charge is 0.123 e. The number of nitrogens with zero attached hydrogens (tertiary/aromatic N) is 1. The third-order valence-corrected chi connectivity index (χ3v) is 5.25. The minimum absolute atomic E-state index is 0.235. The summed E-state index contributed by atoms with van der Waals surface area (Å²) in [6.45, 7) is 0.668. The third kappa shape index (κ3) is 1.78. The largest absolute Gasteiger partial charge is 0.492 e. The monoisotopic (exact) mass is 273 g/mol. The molecule has 19 heavy (non-hydrogen) atoms. The molecule has 2 aromatic rings. The summed E-state index contributed by atoms with van der Waals surface area (Å²) in [6.07, 6.45) is 2.59. The van der Waals surface area contributed by atoms with Gasteiger partial charge in [0.05, 0.1) is 22.6 Å². The number of ether oxygens (including phenoxy) is 1. The maximum Gasteiger partial charge on any atom is 0.123 e. The van der Waals surface area contributed by atoms with E-state index in [9.17, 15) is 5.11 Å². The van der Waals surface area contributed by atoms with E-state index in [-0.39, 0.29) is 12.0 Å². The lowest BCUT2D eigenvalue weighted by atomic mass is 10.00. The number of benzene rings is 1. The summed E-state index contributed by atoms with van der Waals surface area (Å²) < 4.78 is 5.73. The number of aromatic nitrogens is 1. The molecule has 2 unspecified atom stereocenters. The van der Waals surface area contributed by atoms with Crippen molar-refractivity contribution in [2.24, 2.45) is 0 Å². The SMILES string of the molecule is OC1CCCc2nc(C3COc4ccccc43)sc21. The van der Waals surface area contributed by atoms with Crippen LogP contribution in [0.5, 0.6) is 5.75 Å². The highest BCUT2D eigenvalue weighted by Gasteiger charge is 2.31. The van der Waals surface area contributed by atoms with Crippen molar-refractivity contribution in [3.05, 3.63) is 45.4 Å². The Bertz CT molecular complexity index is 622. The zero-order chi connectivity index (χ0) is 12.8. The van der Waals surface area contributed by atoms with Crippen LogP contribution in [-0.4, -0.2) is 16.7 Å². The maximum absolute atomic E-state index is 10.1. The molecule has 0 saturated heterocycles. The fourth-order valence-electron chi connectivity index (χ4n) is 2.93. The van der Waals surface area contributed by atoms with Crippen LogP contribution in [0, 0.1) is 0 Å². The number of aliphatic hydroxyl groups excluding tert-OH is 1. The summed E-state index contributed by atoms with van der Waals surface area (Å²) in [5.41, 5.74) is 2.33. The summed E-state index contributed by atoms with van der Waals surface area (Å²) >= 11 is 1.66. The van der Waals surface area contributed by atoms with Crippen molar-refractivity contribution in [3.8, 4) is 5.75 Å². The lowest BCUT2D eigenvalue weighted by Gasteiger charge is -2.14. The molecule has 2 heterocycles. The van der Waals surface area contributed by atoms with Gasteiger partial charge in [0, 0.05) is 5.56 Å². The normalized spacial score (nSPS) is 24.7. The van der Waals surface area contributed by atoms with Gasteiger partial charge in [-0.1, -0.05) is 18.2 Å². The molecule has 4 heteroatoms. The van der Waals surface area contributed by atoms with Crippen molar-refractivity contribution in [1.82, 2.24) is 4.98 Å². The Balaban J connectivity index is 1.75. The third-order valence-electron chi connectivity index (χ3n) is 3.94. The molecule has 1 aromatic heterocycles. The molecule has 1 aliphatic heterocycles. The summed E-state index contributed by atoms with van der Waals surface area (Å²) in [6, 6.07) is 8.17. The highest BCUT2D eigenvalue weighted by atomic mass is 32.1. The summed E-state index contributed by atoms with van der Waals surface area (Å²) in [7, 11) is 0. The Labute approximate surface area is 115 Å². The first-order valence-corrected chi connectivity index (χ1v) is 7.54. The van der Waals surface area contributed by atoms with E-state index in [1.165, 1.54) is 5.56 Å². The van der Waals surface area contributed by atoms with Crippen LogP contribution in [0.1, 0.15) is 46.0 Å². The second-order valence-electron chi connectivity index (χ2n) is 5.17. The molecule has 0 radical (unpaired) electrons. The highest BCUT2D eigenvalue weighted by molar-refractivity contribution is 7.12.